The van der Waals surface area contributed by atoms with Crippen molar-refractivity contribution in [3.05, 3.63) is 29.8 Å². The Kier molecular flexibility index (Phi) is 7.71. The van der Waals surface area contributed by atoms with Crippen LogP contribution in [0.1, 0.15) is 57.9 Å². The summed E-state index contributed by atoms with van der Waals surface area (Å²) in [7, 11) is -3.52. The number of amides is 1. The standard InChI is InChI=1S/C22H35N3O3S/c1-17-9-8-11-20(18(17)2)23-16-22(26)24-15-19-10-4-5-12-21(19)29(27,28)25-13-6-3-7-14-25/h4-5,10,12,17-18,20,23H,3,6-9,11,13-16H2,1-2H3,(H,24,26). The van der Waals surface area contributed by atoms with Crippen LogP contribution in [0.25, 0.3) is 0 Å². The number of sulfonamides is 1. The number of hydrogen-bond acceptors (Lipinski definition) is 4. The van der Waals surface area contributed by atoms with Crippen LogP contribution < -0.4 is 10.6 Å². The van der Waals surface area contributed by atoms with Crippen LogP contribution in [0.2, 0.25) is 0 Å². The van der Waals surface area contributed by atoms with E-state index in [1.165, 1.54) is 12.8 Å². The maximum atomic E-state index is 13.1. The molecule has 0 spiro atoms. The highest BCUT2D eigenvalue weighted by Gasteiger charge is 2.29. The molecule has 3 unspecified atom stereocenters. The number of carbonyl (C=O) groups excluding carboxylic acids is 1. The van der Waals surface area contributed by atoms with E-state index in [0.29, 0.717) is 41.4 Å². The molecule has 3 rings (SSSR count). The topological polar surface area (TPSA) is 78.5 Å². The first-order valence-corrected chi connectivity index (χ1v) is 12.4. The van der Waals surface area contributed by atoms with Crippen LogP contribution in [-0.4, -0.2) is 44.3 Å². The molecular formula is C22H35N3O3S. The molecule has 2 N–H and O–H groups in total. The van der Waals surface area contributed by atoms with Gasteiger partial charge >= 0.3 is 0 Å². The molecule has 29 heavy (non-hydrogen) atoms. The predicted molar refractivity (Wildman–Crippen MR) is 115 cm³/mol. The van der Waals surface area contributed by atoms with Crippen molar-refractivity contribution in [3.63, 3.8) is 0 Å². The fourth-order valence-corrected chi connectivity index (χ4v) is 6.24. The number of carbonyl (C=O) groups is 1. The van der Waals surface area contributed by atoms with Crippen molar-refractivity contribution in [2.75, 3.05) is 19.6 Å². The fraction of sp³-hybridized carbons (Fsp3) is 0.682. The highest BCUT2D eigenvalue weighted by atomic mass is 32.2. The molecule has 1 saturated heterocycles. The second-order valence-electron chi connectivity index (χ2n) is 8.60. The van der Waals surface area contributed by atoms with Crippen LogP contribution in [0.3, 0.4) is 0 Å². The van der Waals surface area contributed by atoms with Crippen LogP contribution >= 0.6 is 0 Å². The zero-order valence-corrected chi connectivity index (χ0v) is 18.5. The SMILES string of the molecule is CC1CCCC(NCC(=O)NCc2ccccc2S(=O)(=O)N2CCCCC2)C1C. The molecule has 1 aromatic carbocycles. The van der Waals surface area contributed by atoms with Gasteiger partial charge in [-0.15, -0.1) is 0 Å². The van der Waals surface area contributed by atoms with Gasteiger partial charge in [0.05, 0.1) is 11.4 Å². The summed E-state index contributed by atoms with van der Waals surface area (Å²) in [5.41, 5.74) is 0.645. The van der Waals surface area contributed by atoms with Crippen molar-refractivity contribution in [2.24, 2.45) is 11.8 Å². The number of nitrogens with one attached hydrogen (secondary N) is 2. The molecule has 7 heteroatoms. The molecule has 1 heterocycles. The molecule has 1 aliphatic heterocycles. The highest BCUT2D eigenvalue weighted by Crippen LogP contribution is 2.29. The Morgan fingerprint density at radius 1 is 1.07 bits per heavy atom. The summed E-state index contributed by atoms with van der Waals surface area (Å²) >= 11 is 0. The molecule has 2 aliphatic rings. The minimum absolute atomic E-state index is 0.0967. The predicted octanol–water partition coefficient (Wildman–Crippen LogP) is 2.89. The second kappa shape index (κ2) is 10.0. The van der Waals surface area contributed by atoms with Gasteiger partial charge in [-0.05, 0) is 42.7 Å². The molecule has 1 aromatic rings. The monoisotopic (exact) mass is 421 g/mol. The summed E-state index contributed by atoms with van der Waals surface area (Å²) in [4.78, 5) is 12.7. The first kappa shape index (κ1) is 22.2. The number of rotatable bonds is 7. The lowest BCUT2D eigenvalue weighted by molar-refractivity contribution is -0.120. The first-order chi connectivity index (χ1) is 13.9. The van der Waals surface area contributed by atoms with Crippen molar-refractivity contribution in [3.8, 4) is 0 Å². The molecule has 0 bridgehead atoms. The van der Waals surface area contributed by atoms with Gasteiger partial charge in [0.25, 0.3) is 0 Å². The van der Waals surface area contributed by atoms with Crippen molar-refractivity contribution in [1.29, 1.82) is 0 Å². The minimum atomic E-state index is -3.52. The van der Waals surface area contributed by atoms with E-state index in [2.05, 4.69) is 24.5 Å². The highest BCUT2D eigenvalue weighted by molar-refractivity contribution is 7.89. The van der Waals surface area contributed by atoms with Crippen LogP contribution in [0, 0.1) is 11.8 Å². The summed E-state index contributed by atoms with van der Waals surface area (Å²) in [6.45, 7) is 6.17. The number of benzene rings is 1. The maximum absolute atomic E-state index is 13.1. The smallest absolute Gasteiger partial charge is 0.243 e. The third kappa shape index (κ3) is 5.58. The third-order valence-electron chi connectivity index (χ3n) is 6.61. The average Bonchev–Trinajstić information content (AvgIpc) is 2.74. The Labute approximate surface area is 175 Å². The molecule has 2 fully saturated rings. The Morgan fingerprint density at radius 3 is 2.55 bits per heavy atom. The molecule has 1 saturated carbocycles. The lowest BCUT2D eigenvalue weighted by atomic mass is 9.78. The average molecular weight is 422 g/mol. The van der Waals surface area contributed by atoms with Gasteiger partial charge in [-0.25, -0.2) is 8.42 Å². The van der Waals surface area contributed by atoms with Crippen LogP contribution in [0.15, 0.2) is 29.2 Å². The Morgan fingerprint density at radius 2 is 1.79 bits per heavy atom. The maximum Gasteiger partial charge on any atom is 0.243 e. The fourth-order valence-electron chi connectivity index (χ4n) is 4.50. The zero-order chi connectivity index (χ0) is 20.9. The first-order valence-electron chi connectivity index (χ1n) is 11.0. The largest absolute Gasteiger partial charge is 0.351 e. The van der Waals surface area contributed by atoms with E-state index in [-0.39, 0.29) is 19.0 Å². The summed E-state index contributed by atoms with van der Waals surface area (Å²) in [6.07, 6.45) is 6.45. The van der Waals surface area contributed by atoms with E-state index >= 15 is 0 Å². The number of hydrogen-bond donors (Lipinski definition) is 2. The van der Waals surface area contributed by atoms with E-state index in [4.69, 9.17) is 0 Å². The van der Waals surface area contributed by atoms with Crippen molar-refractivity contribution >= 4 is 15.9 Å². The molecule has 0 radical (unpaired) electrons. The van der Waals surface area contributed by atoms with Gasteiger partial charge in [-0.2, -0.15) is 4.31 Å². The minimum Gasteiger partial charge on any atom is -0.351 e. The van der Waals surface area contributed by atoms with Crippen LogP contribution in [-0.2, 0) is 21.4 Å². The molecule has 3 atom stereocenters. The molecule has 6 nitrogen and oxygen atoms in total. The Hall–Kier alpha value is -1.44. The quantitative estimate of drug-likeness (QED) is 0.710. The van der Waals surface area contributed by atoms with Crippen molar-refractivity contribution in [2.45, 2.75) is 69.9 Å². The lowest BCUT2D eigenvalue weighted by Crippen LogP contribution is -2.45. The number of piperidine rings is 1. The lowest BCUT2D eigenvalue weighted by Gasteiger charge is -2.34. The van der Waals surface area contributed by atoms with E-state index in [0.717, 1.165) is 25.7 Å². The van der Waals surface area contributed by atoms with Crippen LogP contribution in [0.4, 0.5) is 0 Å². The van der Waals surface area contributed by atoms with Crippen molar-refractivity contribution < 1.29 is 13.2 Å². The van der Waals surface area contributed by atoms with Crippen molar-refractivity contribution in [1.82, 2.24) is 14.9 Å². The molecule has 1 amide bonds. The molecule has 1 aliphatic carbocycles. The van der Waals surface area contributed by atoms with E-state index < -0.39 is 10.0 Å². The van der Waals surface area contributed by atoms with Crippen LogP contribution in [0.5, 0.6) is 0 Å². The zero-order valence-electron chi connectivity index (χ0n) is 17.7. The summed E-state index contributed by atoms with van der Waals surface area (Å²) < 4.78 is 27.7. The summed E-state index contributed by atoms with van der Waals surface area (Å²) in [6, 6.07) is 7.37. The summed E-state index contributed by atoms with van der Waals surface area (Å²) in [5, 5.41) is 6.29. The van der Waals surface area contributed by atoms with E-state index in [9.17, 15) is 13.2 Å². The Balaban J connectivity index is 1.57. The van der Waals surface area contributed by atoms with Gasteiger partial charge in [0.2, 0.25) is 15.9 Å². The molecular weight excluding hydrogens is 386 g/mol. The van der Waals surface area contributed by atoms with Gasteiger partial charge in [0.1, 0.15) is 0 Å². The molecule has 162 valence electrons. The Bertz CT molecular complexity index is 790. The van der Waals surface area contributed by atoms with Gasteiger partial charge in [0.15, 0.2) is 0 Å². The van der Waals surface area contributed by atoms with Gasteiger partial charge < -0.3 is 10.6 Å². The van der Waals surface area contributed by atoms with E-state index in [1.807, 2.05) is 6.07 Å². The second-order valence-corrected chi connectivity index (χ2v) is 10.5. The van der Waals surface area contributed by atoms with E-state index in [1.54, 1.807) is 22.5 Å². The normalized spacial score (nSPS) is 26.2. The van der Waals surface area contributed by atoms with Gasteiger partial charge in [0, 0.05) is 25.7 Å². The third-order valence-corrected chi connectivity index (χ3v) is 8.61. The van der Waals surface area contributed by atoms with Gasteiger partial charge in [-0.1, -0.05) is 51.3 Å². The molecule has 0 aromatic heterocycles. The number of nitrogens with zero attached hydrogens (tertiary/aromatic N) is 1. The van der Waals surface area contributed by atoms with Gasteiger partial charge in [-0.3, -0.25) is 4.79 Å². The summed E-state index contributed by atoms with van der Waals surface area (Å²) in [5.74, 6) is 1.14.